The molecule has 1 aliphatic heterocycles. The molecule has 0 aliphatic carbocycles. The number of hydrogen-bond donors (Lipinski definition) is 2. The molecule has 17 heavy (non-hydrogen) atoms. The fourth-order valence-electron chi connectivity index (χ4n) is 2.18. The number of fused-ring (bicyclic) bond motifs is 1. The van der Waals surface area contributed by atoms with E-state index in [1.807, 2.05) is 0 Å². The van der Waals surface area contributed by atoms with Gasteiger partial charge in [0, 0.05) is 13.0 Å². The zero-order chi connectivity index (χ0) is 11.7. The molecule has 2 aromatic rings. The minimum atomic E-state index is 0.00774. The summed E-state index contributed by atoms with van der Waals surface area (Å²) >= 11 is 0. The maximum Gasteiger partial charge on any atom is 0.127 e. The zero-order valence-electron chi connectivity index (χ0n) is 9.56. The Kier molecular flexibility index (Phi) is 2.53. The summed E-state index contributed by atoms with van der Waals surface area (Å²) in [5, 5.41) is 5.86. The summed E-state index contributed by atoms with van der Waals surface area (Å²) in [6, 6.07) is 14.8. The van der Waals surface area contributed by atoms with E-state index in [4.69, 9.17) is 5.73 Å². The Morgan fingerprint density at radius 2 is 1.94 bits per heavy atom. The minimum absolute atomic E-state index is 0.00774. The van der Waals surface area contributed by atoms with Crippen LogP contribution in [0.1, 0.15) is 18.2 Å². The monoisotopic (exact) mass is 225 g/mol. The predicted octanol–water partition coefficient (Wildman–Crippen LogP) is 2.19. The standard InChI is InChI=1S/C14H15N3/c15-13-7-8-16-14(17-13)12-6-5-10-3-1-2-4-11(10)9-12/h1-6,9,14,16H,7-8H2,(H2,15,17). The molecule has 0 bridgehead atoms. The topological polar surface area (TPSA) is 50.4 Å². The molecule has 0 saturated heterocycles. The quantitative estimate of drug-likeness (QED) is 0.781. The van der Waals surface area contributed by atoms with Crippen molar-refractivity contribution in [2.45, 2.75) is 12.6 Å². The number of nitrogens with one attached hydrogen (secondary N) is 1. The Morgan fingerprint density at radius 3 is 2.76 bits per heavy atom. The van der Waals surface area contributed by atoms with Crippen LogP contribution < -0.4 is 11.1 Å². The first-order valence-corrected chi connectivity index (χ1v) is 5.87. The summed E-state index contributed by atoms with van der Waals surface area (Å²) < 4.78 is 0. The Labute approximate surface area is 100 Å². The molecular weight excluding hydrogens is 210 g/mol. The van der Waals surface area contributed by atoms with Gasteiger partial charge in [-0.1, -0.05) is 36.4 Å². The van der Waals surface area contributed by atoms with E-state index in [1.54, 1.807) is 0 Å². The van der Waals surface area contributed by atoms with E-state index in [0.29, 0.717) is 0 Å². The molecule has 1 aliphatic rings. The molecule has 3 nitrogen and oxygen atoms in total. The van der Waals surface area contributed by atoms with Crippen molar-refractivity contribution in [1.29, 1.82) is 0 Å². The summed E-state index contributed by atoms with van der Waals surface area (Å²) in [6.07, 6.45) is 0.845. The molecule has 0 saturated carbocycles. The number of rotatable bonds is 1. The van der Waals surface area contributed by atoms with Gasteiger partial charge in [0.05, 0.1) is 5.84 Å². The van der Waals surface area contributed by atoms with E-state index in [9.17, 15) is 0 Å². The lowest BCUT2D eigenvalue weighted by Crippen LogP contribution is -2.32. The van der Waals surface area contributed by atoms with Crippen LogP contribution in [-0.2, 0) is 0 Å². The molecule has 1 atom stereocenters. The largest absolute Gasteiger partial charge is 0.387 e. The first-order chi connectivity index (χ1) is 8.33. The summed E-state index contributed by atoms with van der Waals surface area (Å²) in [5.74, 6) is 0.738. The maximum absolute atomic E-state index is 5.79. The molecule has 0 fully saturated rings. The fraction of sp³-hybridized carbons (Fsp3) is 0.214. The summed E-state index contributed by atoms with van der Waals surface area (Å²) in [6.45, 7) is 0.896. The average molecular weight is 225 g/mol. The van der Waals surface area contributed by atoms with E-state index in [2.05, 4.69) is 52.8 Å². The second-order valence-electron chi connectivity index (χ2n) is 4.33. The van der Waals surface area contributed by atoms with Crippen molar-refractivity contribution in [3.63, 3.8) is 0 Å². The first-order valence-electron chi connectivity index (χ1n) is 5.87. The van der Waals surface area contributed by atoms with Gasteiger partial charge in [0.2, 0.25) is 0 Å². The Bertz CT molecular complexity index is 574. The molecule has 3 heteroatoms. The van der Waals surface area contributed by atoms with Crippen molar-refractivity contribution >= 4 is 16.6 Å². The second-order valence-corrected chi connectivity index (χ2v) is 4.33. The Balaban J connectivity index is 2.03. The van der Waals surface area contributed by atoms with Crippen LogP contribution >= 0.6 is 0 Å². The molecule has 1 heterocycles. The summed E-state index contributed by atoms with van der Waals surface area (Å²) in [4.78, 5) is 4.44. The van der Waals surface area contributed by atoms with Crippen LogP contribution in [0.5, 0.6) is 0 Å². The van der Waals surface area contributed by atoms with Crippen LogP contribution in [0, 0.1) is 0 Å². The number of benzene rings is 2. The van der Waals surface area contributed by atoms with Crippen LogP contribution in [0.25, 0.3) is 10.8 Å². The smallest absolute Gasteiger partial charge is 0.127 e. The van der Waals surface area contributed by atoms with Crippen LogP contribution in [0.2, 0.25) is 0 Å². The predicted molar refractivity (Wildman–Crippen MR) is 70.9 cm³/mol. The lowest BCUT2D eigenvalue weighted by Gasteiger charge is -2.20. The van der Waals surface area contributed by atoms with Gasteiger partial charge in [0.1, 0.15) is 6.17 Å². The van der Waals surface area contributed by atoms with Crippen LogP contribution in [0.4, 0.5) is 0 Å². The van der Waals surface area contributed by atoms with E-state index >= 15 is 0 Å². The van der Waals surface area contributed by atoms with E-state index in [1.165, 1.54) is 16.3 Å². The van der Waals surface area contributed by atoms with Crippen molar-refractivity contribution in [3.05, 3.63) is 48.0 Å². The van der Waals surface area contributed by atoms with Gasteiger partial charge in [-0.15, -0.1) is 0 Å². The molecule has 0 spiro atoms. The molecule has 3 rings (SSSR count). The molecule has 2 aromatic carbocycles. The second kappa shape index (κ2) is 4.18. The number of hydrogen-bond acceptors (Lipinski definition) is 3. The van der Waals surface area contributed by atoms with Crippen molar-refractivity contribution in [3.8, 4) is 0 Å². The van der Waals surface area contributed by atoms with Gasteiger partial charge in [-0.2, -0.15) is 0 Å². The molecule has 0 amide bonds. The number of nitrogens with two attached hydrogens (primary N) is 1. The normalized spacial score (nSPS) is 20.2. The highest BCUT2D eigenvalue weighted by Gasteiger charge is 2.14. The van der Waals surface area contributed by atoms with Crippen LogP contribution in [0.15, 0.2) is 47.5 Å². The highest BCUT2D eigenvalue weighted by molar-refractivity contribution is 5.84. The molecule has 0 aromatic heterocycles. The first kappa shape index (κ1) is 10.3. The lowest BCUT2D eigenvalue weighted by molar-refractivity contribution is 0.540. The van der Waals surface area contributed by atoms with Gasteiger partial charge in [-0.05, 0) is 22.4 Å². The highest BCUT2D eigenvalue weighted by Crippen LogP contribution is 2.22. The van der Waals surface area contributed by atoms with Gasteiger partial charge in [-0.25, -0.2) is 4.99 Å². The van der Waals surface area contributed by atoms with E-state index in [0.717, 1.165) is 18.8 Å². The SMILES string of the molecule is NC1=NC(c2ccc3ccccc3c2)NCC1. The van der Waals surface area contributed by atoms with Crippen LogP contribution in [0.3, 0.4) is 0 Å². The van der Waals surface area contributed by atoms with Gasteiger partial charge in [0.25, 0.3) is 0 Å². The molecule has 3 N–H and O–H groups in total. The van der Waals surface area contributed by atoms with Crippen molar-refractivity contribution in [1.82, 2.24) is 5.32 Å². The third kappa shape index (κ3) is 2.01. The van der Waals surface area contributed by atoms with E-state index < -0.39 is 0 Å². The van der Waals surface area contributed by atoms with Crippen molar-refractivity contribution < 1.29 is 0 Å². The fourth-order valence-corrected chi connectivity index (χ4v) is 2.18. The van der Waals surface area contributed by atoms with Gasteiger partial charge >= 0.3 is 0 Å². The summed E-state index contributed by atoms with van der Waals surface area (Å²) in [7, 11) is 0. The maximum atomic E-state index is 5.79. The zero-order valence-corrected chi connectivity index (χ0v) is 9.56. The number of aliphatic imine (C=N–C) groups is 1. The van der Waals surface area contributed by atoms with Crippen LogP contribution in [-0.4, -0.2) is 12.4 Å². The van der Waals surface area contributed by atoms with Gasteiger partial charge in [-0.3, -0.25) is 5.32 Å². The van der Waals surface area contributed by atoms with Gasteiger partial charge < -0.3 is 5.73 Å². The molecule has 1 unspecified atom stereocenters. The summed E-state index contributed by atoms with van der Waals surface area (Å²) in [5.41, 5.74) is 6.96. The number of nitrogens with zero attached hydrogens (tertiary/aromatic N) is 1. The van der Waals surface area contributed by atoms with Crippen molar-refractivity contribution in [2.24, 2.45) is 10.7 Å². The average Bonchev–Trinajstić information content (AvgIpc) is 2.38. The lowest BCUT2D eigenvalue weighted by atomic mass is 10.0. The Morgan fingerprint density at radius 1 is 1.12 bits per heavy atom. The number of amidine groups is 1. The third-order valence-electron chi connectivity index (χ3n) is 3.10. The minimum Gasteiger partial charge on any atom is -0.387 e. The Hall–Kier alpha value is -1.87. The molecule has 0 radical (unpaired) electrons. The molecular formula is C14H15N3. The third-order valence-corrected chi connectivity index (χ3v) is 3.10. The highest BCUT2D eigenvalue weighted by atomic mass is 15.1. The van der Waals surface area contributed by atoms with E-state index in [-0.39, 0.29) is 6.17 Å². The van der Waals surface area contributed by atoms with Gasteiger partial charge in [0.15, 0.2) is 0 Å². The molecule has 86 valence electrons. The van der Waals surface area contributed by atoms with Crippen molar-refractivity contribution in [2.75, 3.05) is 6.54 Å².